The predicted octanol–water partition coefficient (Wildman–Crippen LogP) is 1.93. The van der Waals surface area contributed by atoms with Gasteiger partial charge in [-0.1, -0.05) is 60.7 Å². The third kappa shape index (κ3) is 5.14. The number of rotatable bonds is 7. The predicted molar refractivity (Wildman–Crippen MR) is 141 cm³/mol. The lowest BCUT2D eigenvalue weighted by Gasteiger charge is -2.41. The van der Waals surface area contributed by atoms with Crippen molar-refractivity contribution in [1.29, 1.82) is 0 Å². The maximum absolute atomic E-state index is 12.9. The van der Waals surface area contributed by atoms with Gasteiger partial charge in [0.1, 0.15) is 17.8 Å². The topological polar surface area (TPSA) is 121 Å². The van der Waals surface area contributed by atoms with Gasteiger partial charge in [0.2, 0.25) is 0 Å². The highest BCUT2D eigenvalue weighted by molar-refractivity contribution is 5.66. The third-order valence-corrected chi connectivity index (χ3v) is 7.60. The molecule has 0 radical (unpaired) electrons. The minimum Gasteiger partial charge on any atom is -0.455 e. The maximum Gasteiger partial charge on any atom is 0.330 e. The Bertz CT molecular complexity index is 1440. The summed E-state index contributed by atoms with van der Waals surface area (Å²) in [6, 6.07) is 20.4. The summed E-state index contributed by atoms with van der Waals surface area (Å²) in [5, 5.41) is 1.89. The van der Waals surface area contributed by atoms with Crippen molar-refractivity contribution in [3.63, 3.8) is 0 Å². The standard InChI is InChI=1S/C29H31N3O8/c1-19(33)38-25-26(37-16-21-10-6-3-7-11-21)29(39-27(25)31-13-12-24(34)30-28(31)35)18-36-17-22-14-23(29)32(40-22)15-20-8-4-2-5-9-20/h2-13,22-23,25-27H,14-18H2,1H3,(H,30,34,35)/t22-,23+,25-,26-,27-,29-/m1/s1. The second-order valence-corrected chi connectivity index (χ2v) is 10.3. The van der Waals surface area contributed by atoms with E-state index in [1.165, 1.54) is 23.8 Å². The number of carbonyl (C=O) groups is 1. The first-order chi connectivity index (χ1) is 19.4. The van der Waals surface area contributed by atoms with Gasteiger partial charge in [0.05, 0.1) is 25.9 Å². The van der Waals surface area contributed by atoms with E-state index in [1.54, 1.807) is 0 Å². The first kappa shape index (κ1) is 26.6. The Labute approximate surface area is 230 Å². The lowest BCUT2D eigenvalue weighted by Crippen LogP contribution is -2.60. The van der Waals surface area contributed by atoms with Crippen molar-refractivity contribution in [2.45, 2.75) is 62.7 Å². The number of aromatic amines is 1. The van der Waals surface area contributed by atoms with Crippen LogP contribution in [0.4, 0.5) is 0 Å². The normalized spacial score (nSPS) is 29.9. The lowest BCUT2D eigenvalue weighted by atomic mass is 9.85. The summed E-state index contributed by atoms with van der Waals surface area (Å²) in [4.78, 5) is 45.7. The van der Waals surface area contributed by atoms with Crippen LogP contribution in [0.25, 0.3) is 0 Å². The van der Waals surface area contributed by atoms with Crippen LogP contribution in [-0.2, 0) is 41.7 Å². The van der Waals surface area contributed by atoms with E-state index in [1.807, 2.05) is 65.7 Å². The first-order valence-corrected chi connectivity index (χ1v) is 13.3. The highest BCUT2D eigenvalue weighted by Crippen LogP contribution is 2.49. The number of benzene rings is 2. The van der Waals surface area contributed by atoms with Crippen molar-refractivity contribution in [1.82, 2.24) is 14.6 Å². The number of hydrogen-bond donors (Lipinski definition) is 1. The Kier molecular flexibility index (Phi) is 7.39. The quantitative estimate of drug-likeness (QED) is 0.441. The van der Waals surface area contributed by atoms with E-state index in [4.69, 9.17) is 23.8 Å². The van der Waals surface area contributed by atoms with E-state index in [0.717, 1.165) is 11.1 Å². The zero-order valence-electron chi connectivity index (χ0n) is 22.0. The zero-order valence-corrected chi connectivity index (χ0v) is 22.0. The monoisotopic (exact) mass is 549 g/mol. The number of fused-ring (bicyclic) bond motifs is 3. The van der Waals surface area contributed by atoms with Crippen LogP contribution in [-0.4, -0.2) is 63.8 Å². The van der Waals surface area contributed by atoms with Crippen LogP contribution in [0.5, 0.6) is 0 Å². The Morgan fingerprint density at radius 2 is 1.77 bits per heavy atom. The van der Waals surface area contributed by atoms with Crippen LogP contribution in [0.1, 0.15) is 30.7 Å². The van der Waals surface area contributed by atoms with Gasteiger partial charge in [0, 0.05) is 25.7 Å². The molecule has 3 aliphatic rings. The molecule has 2 aromatic carbocycles. The number of hydrogen-bond acceptors (Lipinski definition) is 9. The average Bonchev–Trinajstić information content (AvgIpc) is 3.40. The molecule has 4 heterocycles. The summed E-state index contributed by atoms with van der Waals surface area (Å²) in [7, 11) is 0. The summed E-state index contributed by atoms with van der Waals surface area (Å²) in [5.74, 6) is -0.558. The molecule has 40 heavy (non-hydrogen) atoms. The van der Waals surface area contributed by atoms with Crippen molar-refractivity contribution in [2.24, 2.45) is 0 Å². The Balaban J connectivity index is 1.43. The molecule has 11 nitrogen and oxygen atoms in total. The van der Waals surface area contributed by atoms with Gasteiger partial charge >= 0.3 is 11.7 Å². The largest absolute Gasteiger partial charge is 0.455 e. The molecule has 1 N–H and O–H groups in total. The summed E-state index contributed by atoms with van der Waals surface area (Å²) in [6.45, 7) is 2.46. The van der Waals surface area contributed by atoms with Crippen LogP contribution in [0.2, 0.25) is 0 Å². The SMILES string of the molecule is CC(=O)O[C@H]1[C@H](n2ccc(=O)[nH]c2=O)O[C@@]2(COC[C@H]3C[C@@H]2N(Cc2ccccc2)O3)[C@@H]1OCc1ccccc1. The number of hydroxylamine groups is 2. The second-order valence-electron chi connectivity index (χ2n) is 10.3. The molecule has 6 atom stereocenters. The maximum atomic E-state index is 12.9. The minimum absolute atomic E-state index is 0.120. The molecule has 3 fully saturated rings. The first-order valence-electron chi connectivity index (χ1n) is 13.3. The summed E-state index contributed by atoms with van der Waals surface area (Å²) >= 11 is 0. The van der Waals surface area contributed by atoms with Crippen molar-refractivity contribution in [3.8, 4) is 0 Å². The van der Waals surface area contributed by atoms with Crippen LogP contribution in [0.3, 0.4) is 0 Å². The molecule has 0 unspecified atom stereocenters. The average molecular weight is 550 g/mol. The molecule has 11 heteroatoms. The molecule has 210 valence electrons. The Morgan fingerprint density at radius 3 is 2.48 bits per heavy atom. The molecule has 3 saturated heterocycles. The Hall–Kier alpha value is -3.61. The number of nitrogens with zero attached hydrogens (tertiary/aromatic N) is 2. The molecular weight excluding hydrogens is 518 g/mol. The van der Waals surface area contributed by atoms with Crippen LogP contribution >= 0.6 is 0 Å². The number of esters is 1. The number of H-pyrrole nitrogens is 1. The van der Waals surface area contributed by atoms with E-state index in [2.05, 4.69) is 4.98 Å². The van der Waals surface area contributed by atoms with E-state index in [-0.39, 0.29) is 25.4 Å². The highest BCUT2D eigenvalue weighted by Gasteiger charge is 2.66. The van der Waals surface area contributed by atoms with Crippen LogP contribution < -0.4 is 11.2 Å². The fraction of sp³-hybridized carbons (Fsp3) is 0.414. The van der Waals surface area contributed by atoms with E-state index in [0.29, 0.717) is 19.6 Å². The molecule has 2 bridgehead atoms. The van der Waals surface area contributed by atoms with Gasteiger partial charge < -0.3 is 18.9 Å². The molecule has 0 aliphatic carbocycles. The minimum atomic E-state index is -1.19. The number of aromatic nitrogens is 2. The van der Waals surface area contributed by atoms with E-state index >= 15 is 0 Å². The molecule has 0 amide bonds. The van der Waals surface area contributed by atoms with Crippen molar-refractivity contribution in [2.75, 3.05) is 13.2 Å². The summed E-state index contributed by atoms with van der Waals surface area (Å²) < 4.78 is 26.5. The Morgan fingerprint density at radius 1 is 1.05 bits per heavy atom. The molecule has 1 spiro atoms. The molecule has 6 rings (SSSR count). The second kappa shape index (κ2) is 11.1. The van der Waals surface area contributed by atoms with Gasteiger partial charge in [-0.05, 0) is 17.5 Å². The van der Waals surface area contributed by atoms with Gasteiger partial charge in [-0.2, -0.15) is 5.06 Å². The van der Waals surface area contributed by atoms with Gasteiger partial charge in [-0.3, -0.25) is 24.0 Å². The zero-order chi connectivity index (χ0) is 27.7. The summed E-state index contributed by atoms with van der Waals surface area (Å²) in [6.07, 6.45) is -1.24. The number of carbonyl (C=O) groups excluding carboxylic acids is 1. The van der Waals surface area contributed by atoms with E-state index < -0.39 is 41.3 Å². The smallest absolute Gasteiger partial charge is 0.330 e. The molecule has 1 aromatic heterocycles. The van der Waals surface area contributed by atoms with Gasteiger partial charge in [0.25, 0.3) is 5.56 Å². The molecule has 0 saturated carbocycles. The third-order valence-electron chi connectivity index (χ3n) is 7.60. The highest BCUT2D eigenvalue weighted by atomic mass is 16.7. The molecule has 3 aromatic rings. The van der Waals surface area contributed by atoms with Crippen LogP contribution in [0.15, 0.2) is 82.5 Å². The molecule has 3 aliphatic heterocycles. The van der Waals surface area contributed by atoms with Gasteiger partial charge in [0.15, 0.2) is 12.3 Å². The van der Waals surface area contributed by atoms with Crippen molar-refractivity contribution in [3.05, 3.63) is 105 Å². The van der Waals surface area contributed by atoms with Crippen molar-refractivity contribution < 1.29 is 28.6 Å². The molecular formula is C29H31N3O8. The lowest BCUT2D eigenvalue weighted by molar-refractivity contribution is -0.260. The number of ether oxygens (including phenoxy) is 4. The van der Waals surface area contributed by atoms with E-state index in [9.17, 15) is 14.4 Å². The van der Waals surface area contributed by atoms with Gasteiger partial charge in [-0.15, -0.1) is 0 Å². The van der Waals surface area contributed by atoms with Gasteiger partial charge in [-0.25, -0.2) is 4.79 Å². The van der Waals surface area contributed by atoms with Crippen LogP contribution in [0, 0.1) is 0 Å². The fourth-order valence-electron chi connectivity index (χ4n) is 5.89. The summed E-state index contributed by atoms with van der Waals surface area (Å²) in [5.41, 5.74) is -0.456. The number of nitrogens with one attached hydrogen (secondary N) is 1. The van der Waals surface area contributed by atoms with Crippen molar-refractivity contribution >= 4 is 5.97 Å². The fourth-order valence-corrected chi connectivity index (χ4v) is 5.89.